The fourth-order valence-electron chi connectivity index (χ4n) is 5.43. The van der Waals surface area contributed by atoms with Crippen molar-refractivity contribution in [2.75, 3.05) is 20.4 Å². The third kappa shape index (κ3) is 3.21. The molecule has 2 aliphatic rings. The Balaban J connectivity index is 1.37. The molecule has 0 spiro atoms. The van der Waals surface area contributed by atoms with E-state index in [1.807, 2.05) is 6.07 Å². The van der Waals surface area contributed by atoms with Crippen molar-refractivity contribution in [3.8, 4) is 11.4 Å². The van der Waals surface area contributed by atoms with Gasteiger partial charge in [-0.1, -0.05) is 12.1 Å². The van der Waals surface area contributed by atoms with E-state index in [1.54, 1.807) is 19.5 Å². The second-order valence-electron chi connectivity index (χ2n) is 8.52. The maximum atomic E-state index is 5.60. The molecule has 0 saturated carbocycles. The molecule has 3 aromatic heterocycles. The van der Waals surface area contributed by atoms with Gasteiger partial charge in [0.15, 0.2) is 5.82 Å². The molecule has 6 rings (SSSR count). The standard InChI is InChI=1S/C23H23BrN6O/c1-31-12-30-11-15(23-27-22(28-29-23)14-5-16(24)10-25-8-14)6-18-17-3-2-4-19-21(17)13(9-26-19)7-20(18)30/h2-5,8-10,15,18,20,26H,6-7,11-12H2,1H3,(H,27,28,29)/t15-,18?,20-/m1/s1. The van der Waals surface area contributed by atoms with Crippen molar-refractivity contribution >= 4 is 26.8 Å². The van der Waals surface area contributed by atoms with Crippen LogP contribution in [0.3, 0.4) is 0 Å². The highest BCUT2D eigenvalue weighted by Crippen LogP contribution is 2.46. The highest BCUT2D eigenvalue weighted by Gasteiger charge is 2.42. The Bertz CT molecular complexity index is 1250. The highest BCUT2D eigenvalue weighted by atomic mass is 79.9. The number of methoxy groups -OCH3 is 1. The molecular weight excluding hydrogens is 456 g/mol. The minimum atomic E-state index is 0.258. The number of hydrogen-bond donors (Lipinski definition) is 2. The quantitative estimate of drug-likeness (QED) is 0.458. The maximum absolute atomic E-state index is 5.60. The lowest BCUT2D eigenvalue weighted by molar-refractivity contribution is -0.00185. The number of ether oxygens (including phenoxy) is 1. The molecule has 3 atom stereocenters. The van der Waals surface area contributed by atoms with Gasteiger partial charge in [-0.3, -0.25) is 15.0 Å². The van der Waals surface area contributed by atoms with Crippen LogP contribution in [0.1, 0.15) is 35.2 Å². The Kier molecular flexibility index (Phi) is 4.66. The van der Waals surface area contributed by atoms with Crippen LogP contribution in [-0.4, -0.2) is 56.5 Å². The van der Waals surface area contributed by atoms with E-state index in [-0.39, 0.29) is 5.92 Å². The molecule has 31 heavy (non-hydrogen) atoms. The van der Waals surface area contributed by atoms with E-state index in [9.17, 15) is 0 Å². The zero-order chi connectivity index (χ0) is 20.9. The maximum Gasteiger partial charge on any atom is 0.182 e. The summed E-state index contributed by atoms with van der Waals surface area (Å²) in [5, 5.41) is 9.11. The molecule has 8 heteroatoms. The molecule has 4 heterocycles. The Morgan fingerprint density at radius 3 is 3.10 bits per heavy atom. The van der Waals surface area contributed by atoms with Crippen LogP contribution in [-0.2, 0) is 11.2 Å². The van der Waals surface area contributed by atoms with Gasteiger partial charge in [0.25, 0.3) is 0 Å². The lowest BCUT2D eigenvalue weighted by atomic mass is 9.72. The summed E-state index contributed by atoms with van der Waals surface area (Å²) in [7, 11) is 1.77. The van der Waals surface area contributed by atoms with Gasteiger partial charge in [-0.05, 0) is 52.0 Å². The lowest BCUT2D eigenvalue weighted by Gasteiger charge is -2.46. The third-order valence-corrected chi connectivity index (χ3v) is 7.16. The monoisotopic (exact) mass is 478 g/mol. The number of aromatic nitrogens is 5. The largest absolute Gasteiger partial charge is 0.369 e. The average Bonchev–Trinajstić information content (AvgIpc) is 3.43. The topological polar surface area (TPSA) is 82.7 Å². The predicted octanol–water partition coefficient (Wildman–Crippen LogP) is 4.21. The zero-order valence-electron chi connectivity index (χ0n) is 17.2. The number of hydrogen-bond acceptors (Lipinski definition) is 5. The van der Waals surface area contributed by atoms with Crippen molar-refractivity contribution in [3.63, 3.8) is 0 Å². The molecule has 1 fully saturated rings. The summed E-state index contributed by atoms with van der Waals surface area (Å²) in [6.07, 6.45) is 7.82. The van der Waals surface area contributed by atoms with Gasteiger partial charge in [0.2, 0.25) is 0 Å². The molecule has 1 aromatic carbocycles. The Morgan fingerprint density at radius 1 is 1.29 bits per heavy atom. The third-order valence-electron chi connectivity index (χ3n) is 6.72. The molecule has 1 aliphatic carbocycles. The van der Waals surface area contributed by atoms with Gasteiger partial charge in [0.05, 0.1) is 6.73 Å². The molecule has 0 amide bonds. The van der Waals surface area contributed by atoms with Gasteiger partial charge in [0, 0.05) is 71.1 Å². The smallest absolute Gasteiger partial charge is 0.182 e. The van der Waals surface area contributed by atoms with Crippen LogP contribution in [0.15, 0.2) is 47.3 Å². The molecule has 0 radical (unpaired) electrons. The zero-order valence-corrected chi connectivity index (χ0v) is 18.8. The minimum absolute atomic E-state index is 0.258. The number of benzene rings is 1. The van der Waals surface area contributed by atoms with Crippen LogP contribution in [0.4, 0.5) is 0 Å². The molecule has 1 saturated heterocycles. The van der Waals surface area contributed by atoms with E-state index in [1.165, 1.54) is 22.0 Å². The highest BCUT2D eigenvalue weighted by molar-refractivity contribution is 9.10. The number of nitrogens with one attached hydrogen (secondary N) is 2. The van der Waals surface area contributed by atoms with Gasteiger partial charge < -0.3 is 9.72 Å². The van der Waals surface area contributed by atoms with Crippen molar-refractivity contribution in [2.24, 2.45) is 0 Å². The molecule has 7 nitrogen and oxygen atoms in total. The van der Waals surface area contributed by atoms with Crippen LogP contribution < -0.4 is 0 Å². The normalized spacial score (nSPS) is 23.2. The summed E-state index contributed by atoms with van der Waals surface area (Å²) in [5.41, 5.74) is 4.98. The second kappa shape index (κ2) is 7.55. The molecule has 0 bridgehead atoms. The van der Waals surface area contributed by atoms with Crippen LogP contribution in [0.2, 0.25) is 0 Å². The Labute approximate surface area is 188 Å². The average molecular weight is 479 g/mol. The number of pyridine rings is 1. The fourth-order valence-corrected chi connectivity index (χ4v) is 5.80. The molecule has 2 N–H and O–H groups in total. The van der Waals surface area contributed by atoms with Crippen LogP contribution in [0, 0.1) is 0 Å². The summed E-state index contributed by atoms with van der Waals surface area (Å²) in [6, 6.07) is 9.05. The van der Waals surface area contributed by atoms with Gasteiger partial charge in [-0.15, -0.1) is 0 Å². The Hall–Kier alpha value is -2.55. The first kappa shape index (κ1) is 19.2. The Morgan fingerprint density at radius 2 is 2.23 bits per heavy atom. The van der Waals surface area contributed by atoms with Crippen LogP contribution in [0.25, 0.3) is 22.3 Å². The first-order valence-corrected chi connectivity index (χ1v) is 11.4. The summed E-state index contributed by atoms with van der Waals surface area (Å²) >= 11 is 3.48. The van der Waals surface area contributed by atoms with E-state index in [0.29, 0.717) is 24.5 Å². The molecule has 1 unspecified atom stereocenters. The van der Waals surface area contributed by atoms with Gasteiger partial charge in [-0.2, -0.15) is 5.10 Å². The first-order valence-electron chi connectivity index (χ1n) is 10.6. The first-order chi connectivity index (χ1) is 15.2. The second-order valence-corrected chi connectivity index (χ2v) is 9.44. The summed E-state index contributed by atoms with van der Waals surface area (Å²) in [4.78, 5) is 15.0. The van der Waals surface area contributed by atoms with Crippen molar-refractivity contribution < 1.29 is 4.74 Å². The van der Waals surface area contributed by atoms with Crippen molar-refractivity contribution in [1.29, 1.82) is 0 Å². The van der Waals surface area contributed by atoms with Crippen molar-refractivity contribution in [2.45, 2.75) is 30.7 Å². The van der Waals surface area contributed by atoms with Crippen LogP contribution in [0.5, 0.6) is 0 Å². The predicted molar refractivity (Wildman–Crippen MR) is 122 cm³/mol. The number of nitrogens with zero attached hydrogens (tertiary/aromatic N) is 4. The van der Waals surface area contributed by atoms with Crippen molar-refractivity contribution in [3.05, 3.63) is 64.3 Å². The van der Waals surface area contributed by atoms with E-state index < -0.39 is 0 Å². The molecule has 4 aromatic rings. The van der Waals surface area contributed by atoms with E-state index in [4.69, 9.17) is 9.72 Å². The lowest BCUT2D eigenvalue weighted by Crippen LogP contribution is -2.50. The van der Waals surface area contributed by atoms with Gasteiger partial charge in [-0.25, -0.2) is 4.98 Å². The molecule has 158 valence electrons. The number of aromatic amines is 2. The van der Waals surface area contributed by atoms with Gasteiger partial charge >= 0.3 is 0 Å². The van der Waals surface area contributed by atoms with Crippen LogP contribution >= 0.6 is 15.9 Å². The van der Waals surface area contributed by atoms with E-state index >= 15 is 0 Å². The van der Waals surface area contributed by atoms with Gasteiger partial charge in [0.1, 0.15) is 5.82 Å². The number of rotatable bonds is 4. The van der Waals surface area contributed by atoms with Crippen molar-refractivity contribution in [1.82, 2.24) is 30.0 Å². The summed E-state index contributed by atoms with van der Waals surface area (Å²) in [6.45, 7) is 1.51. The number of halogens is 1. The number of likely N-dealkylation sites (tertiary alicyclic amines) is 1. The SMILES string of the molecule is COCN1C[C@H](c2nc(-c3cncc(Br)c3)n[nH]2)CC2c3cccc4[nH]cc(c34)C[C@H]21. The number of H-pyrrole nitrogens is 2. The van der Waals surface area contributed by atoms with E-state index in [2.05, 4.69) is 65.4 Å². The fraction of sp³-hybridized carbons (Fsp3) is 0.348. The van der Waals surface area contributed by atoms with E-state index in [0.717, 1.165) is 35.2 Å². The number of fused-ring (bicyclic) bond motifs is 2. The molecular formula is C23H23BrN6O. The minimum Gasteiger partial charge on any atom is -0.369 e. The number of piperidine rings is 1. The summed E-state index contributed by atoms with van der Waals surface area (Å²) in [5.74, 6) is 2.31. The molecule has 1 aliphatic heterocycles. The summed E-state index contributed by atoms with van der Waals surface area (Å²) < 4.78 is 6.52.